The largest absolute Gasteiger partial charge is 0.501 e. The second-order valence-corrected chi connectivity index (χ2v) is 9.13. The average molecular weight is 479 g/mol. The van der Waals surface area contributed by atoms with Gasteiger partial charge in [-0.15, -0.1) is 0 Å². The number of nitrogens with zero attached hydrogens (tertiary/aromatic N) is 4. The molecule has 33 heavy (non-hydrogen) atoms. The van der Waals surface area contributed by atoms with Gasteiger partial charge in [-0.05, 0) is 48.9 Å². The first kappa shape index (κ1) is 22.5. The Balaban J connectivity index is 1.58. The smallest absolute Gasteiger partial charge is 0.343 e. The van der Waals surface area contributed by atoms with Crippen molar-refractivity contribution in [2.24, 2.45) is 0 Å². The maximum atomic E-state index is 13.0. The van der Waals surface area contributed by atoms with Crippen molar-refractivity contribution in [3.05, 3.63) is 60.6 Å². The van der Waals surface area contributed by atoms with Crippen molar-refractivity contribution in [2.75, 3.05) is 4.90 Å². The maximum absolute atomic E-state index is 13.0. The van der Waals surface area contributed by atoms with E-state index in [0.717, 1.165) is 17.0 Å². The molecule has 1 N–H and O–H groups in total. The van der Waals surface area contributed by atoms with Crippen molar-refractivity contribution in [1.29, 1.82) is 0 Å². The summed E-state index contributed by atoms with van der Waals surface area (Å²) in [7, 11) is -5.54. The van der Waals surface area contributed by atoms with Crippen LogP contribution in [-0.4, -0.2) is 51.8 Å². The number of anilines is 1. The third-order valence-corrected chi connectivity index (χ3v) is 6.61. The summed E-state index contributed by atoms with van der Waals surface area (Å²) < 4.78 is 61.3. The highest BCUT2D eigenvalue weighted by Crippen LogP contribution is 2.33. The predicted molar refractivity (Wildman–Crippen MR) is 109 cm³/mol. The monoisotopic (exact) mass is 479 g/mol. The lowest BCUT2D eigenvalue weighted by Crippen LogP contribution is -2.33. The predicted octanol–water partition coefficient (Wildman–Crippen LogP) is 3.12. The fourth-order valence-electron chi connectivity index (χ4n) is 3.36. The van der Waals surface area contributed by atoms with Crippen LogP contribution in [-0.2, 0) is 21.2 Å². The highest BCUT2D eigenvalue weighted by Gasteiger charge is 2.47. The summed E-state index contributed by atoms with van der Waals surface area (Å²) in [5.41, 5.74) is -4.27. The number of urea groups is 1. The fraction of sp³-hybridized carbons (Fsp3) is 0.200. The van der Waals surface area contributed by atoms with Crippen LogP contribution in [0.15, 0.2) is 59.9 Å². The summed E-state index contributed by atoms with van der Waals surface area (Å²) in [6.07, 6.45) is 4.74. The molecule has 1 aromatic carbocycles. The Morgan fingerprint density at radius 3 is 2.36 bits per heavy atom. The van der Waals surface area contributed by atoms with Gasteiger partial charge in [-0.25, -0.2) is 23.1 Å². The number of carbonyl (C=O) groups is 2. The van der Waals surface area contributed by atoms with E-state index in [0.29, 0.717) is 29.2 Å². The van der Waals surface area contributed by atoms with Crippen LogP contribution >= 0.6 is 0 Å². The number of halogens is 3. The number of nitrogens with one attached hydrogen (secondary N) is 1. The van der Waals surface area contributed by atoms with Gasteiger partial charge in [0, 0.05) is 25.1 Å². The molecule has 3 aromatic rings. The standard InChI is InChI=1S/C20H16F3N5O4S/c1-12-18(29)28(14-2-4-15(5-3-14)33(31,32)20(21,22)23)19(30)27(12)11-13-6-7-24-16(10-13)17-25-8-9-26-17/h2-10,12H,11H2,1H3,(H,25,26). The number of hydrogen-bond acceptors (Lipinski definition) is 6. The first-order valence-electron chi connectivity index (χ1n) is 9.51. The Labute approximate surface area is 185 Å². The summed E-state index contributed by atoms with van der Waals surface area (Å²) in [6.45, 7) is 1.59. The average Bonchev–Trinajstić information content (AvgIpc) is 3.38. The molecule has 1 aliphatic rings. The van der Waals surface area contributed by atoms with Crippen molar-refractivity contribution >= 4 is 27.5 Å². The third kappa shape index (κ3) is 3.95. The number of imidazole rings is 1. The van der Waals surface area contributed by atoms with Crippen LogP contribution in [0.2, 0.25) is 0 Å². The van der Waals surface area contributed by atoms with Crippen LogP contribution in [0.25, 0.3) is 11.5 Å². The summed E-state index contributed by atoms with van der Waals surface area (Å²) in [6, 6.07) is 5.26. The van der Waals surface area contributed by atoms with E-state index in [1.165, 1.54) is 18.0 Å². The van der Waals surface area contributed by atoms with Crippen molar-refractivity contribution in [3.8, 4) is 11.5 Å². The van der Waals surface area contributed by atoms with E-state index < -0.39 is 38.2 Å². The van der Waals surface area contributed by atoms with Gasteiger partial charge >= 0.3 is 11.5 Å². The van der Waals surface area contributed by atoms with Crippen molar-refractivity contribution in [1.82, 2.24) is 19.9 Å². The van der Waals surface area contributed by atoms with Crippen LogP contribution in [0, 0.1) is 0 Å². The Morgan fingerprint density at radius 2 is 1.76 bits per heavy atom. The molecule has 1 aliphatic heterocycles. The third-order valence-electron chi connectivity index (χ3n) is 5.11. The lowest BCUT2D eigenvalue weighted by atomic mass is 10.2. The van der Waals surface area contributed by atoms with Crippen LogP contribution in [0.3, 0.4) is 0 Å². The maximum Gasteiger partial charge on any atom is 0.501 e. The zero-order valence-corrected chi connectivity index (χ0v) is 17.8. The lowest BCUT2D eigenvalue weighted by Gasteiger charge is -2.19. The second-order valence-electron chi connectivity index (χ2n) is 7.19. The second kappa shape index (κ2) is 7.99. The van der Waals surface area contributed by atoms with Gasteiger partial charge in [-0.2, -0.15) is 13.2 Å². The minimum atomic E-state index is -5.54. The topological polar surface area (TPSA) is 116 Å². The summed E-state index contributed by atoms with van der Waals surface area (Å²) in [5, 5.41) is 0. The van der Waals surface area contributed by atoms with Crippen LogP contribution in [0.1, 0.15) is 12.5 Å². The number of aromatic amines is 1. The first-order chi connectivity index (χ1) is 15.5. The molecular formula is C20H16F3N5O4S. The normalized spacial score (nSPS) is 17.2. The van der Waals surface area contributed by atoms with E-state index in [2.05, 4.69) is 15.0 Å². The summed E-state index contributed by atoms with van der Waals surface area (Å²) in [4.78, 5) is 38.1. The van der Waals surface area contributed by atoms with Gasteiger partial charge in [0.25, 0.3) is 15.7 Å². The molecule has 9 nitrogen and oxygen atoms in total. The molecule has 0 bridgehead atoms. The molecule has 1 fully saturated rings. The van der Waals surface area contributed by atoms with Gasteiger partial charge in [0.2, 0.25) is 0 Å². The highest BCUT2D eigenvalue weighted by molar-refractivity contribution is 7.92. The van der Waals surface area contributed by atoms with E-state index in [-0.39, 0.29) is 12.2 Å². The Morgan fingerprint density at radius 1 is 1.06 bits per heavy atom. The van der Waals surface area contributed by atoms with Gasteiger partial charge in [-0.3, -0.25) is 9.78 Å². The highest BCUT2D eigenvalue weighted by atomic mass is 32.2. The number of carbonyl (C=O) groups excluding carboxylic acids is 2. The lowest BCUT2D eigenvalue weighted by molar-refractivity contribution is -0.119. The number of sulfone groups is 1. The number of alkyl halides is 3. The molecule has 1 atom stereocenters. The number of rotatable bonds is 5. The molecule has 13 heteroatoms. The summed E-state index contributed by atoms with van der Waals surface area (Å²) >= 11 is 0. The van der Waals surface area contributed by atoms with Gasteiger partial charge in [0.15, 0.2) is 5.82 Å². The van der Waals surface area contributed by atoms with Crippen LogP contribution in [0.4, 0.5) is 23.7 Å². The van der Waals surface area contributed by atoms with Crippen molar-refractivity contribution in [2.45, 2.75) is 29.9 Å². The van der Waals surface area contributed by atoms with E-state index in [1.807, 2.05) is 0 Å². The minimum Gasteiger partial charge on any atom is -0.343 e. The molecule has 172 valence electrons. The fourth-order valence-corrected chi connectivity index (χ4v) is 4.12. The molecule has 2 aromatic heterocycles. The van der Waals surface area contributed by atoms with Gasteiger partial charge in [0.1, 0.15) is 11.7 Å². The van der Waals surface area contributed by atoms with Gasteiger partial charge in [0.05, 0.1) is 10.6 Å². The van der Waals surface area contributed by atoms with Crippen LogP contribution in [0.5, 0.6) is 0 Å². The Hall–Kier alpha value is -3.74. The number of aromatic nitrogens is 3. The molecule has 0 spiro atoms. The number of H-pyrrole nitrogens is 1. The SMILES string of the molecule is CC1C(=O)N(c2ccc(S(=O)(=O)C(F)(F)F)cc2)C(=O)N1Cc1ccnc(-c2ncc[nH]2)c1. The molecule has 4 rings (SSSR count). The van der Waals surface area contributed by atoms with Gasteiger partial charge in [-0.1, -0.05) is 0 Å². The number of hydrogen-bond donors (Lipinski definition) is 1. The molecule has 0 saturated carbocycles. The number of pyridine rings is 1. The van der Waals surface area contributed by atoms with Crippen molar-refractivity contribution in [3.63, 3.8) is 0 Å². The minimum absolute atomic E-state index is 0.0357. The molecule has 0 radical (unpaired) electrons. The number of amides is 3. The van der Waals surface area contributed by atoms with E-state index in [1.54, 1.807) is 24.5 Å². The molecule has 0 aliphatic carbocycles. The Kier molecular flexibility index (Phi) is 5.44. The molecule has 3 heterocycles. The van der Waals surface area contributed by atoms with Crippen LogP contribution < -0.4 is 4.90 Å². The zero-order valence-electron chi connectivity index (χ0n) is 16.9. The quantitative estimate of drug-likeness (QED) is 0.562. The van der Waals surface area contributed by atoms with E-state index in [4.69, 9.17) is 0 Å². The van der Waals surface area contributed by atoms with Crippen molar-refractivity contribution < 1.29 is 31.2 Å². The molecular weight excluding hydrogens is 463 g/mol. The van der Waals surface area contributed by atoms with E-state index in [9.17, 15) is 31.2 Å². The number of benzene rings is 1. The Bertz CT molecular complexity index is 1310. The van der Waals surface area contributed by atoms with Gasteiger partial charge < -0.3 is 9.88 Å². The number of imide groups is 1. The summed E-state index contributed by atoms with van der Waals surface area (Å²) in [5.74, 6) is -0.0593. The molecule has 1 unspecified atom stereocenters. The molecule has 1 saturated heterocycles. The zero-order chi connectivity index (χ0) is 24.0. The van der Waals surface area contributed by atoms with E-state index >= 15 is 0 Å². The molecule has 3 amide bonds. The first-order valence-corrected chi connectivity index (χ1v) is 11.0.